The van der Waals surface area contributed by atoms with Gasteiger partial charge in [0.2, 0.25) is 0 Å². The second-order valence-corrected chi connectivity index (χ2v) is 8.26. The van der Waals surface area contributed by atoms with Crippen molar-refractivity contribution in [2.45, 2.75) is 45.3 Å². The Morgan fingerprint density at radius 2 is 1.88 bits per heavy atom. The molecule has 0 radical (unpaired) electrons. The molecule has 140 valence electrons. The predicted molar refractivity (Wildman–Crippen MR) is 106 cm³/mol. The fourth-order valence-corrected chi connectivity index (χ4v) is 4.89. The van der Waals surface area contributed by atoms with Crippen molar-refractivity contribution in [2.75, 3.05) is 19.6 Å². The fourth-order valence-electron chi connectivity index (χ4n) is 4.68. The molecule has 0 N–H and O–H groups in total. The smallest absolute Gasteiger partial charge is 0.131 e. The topological polar surface area (TPSA) is 24.3 Å². The minimum absolute atomic E-state index is 0.624. The zero-order valence-electron chi connectivity index (χ0n) is 15.9. The van der Waals surface area contributed by atoms with E-state index in [0.29, 0.717) is 6.04 Å². The van der Waals surface area contributed by atoms with Gasteiger partial charge in [-0.15, -0.1) is 0 Å². The molecule has 3 aliphatic rings. The first-order valence-electron chi connectivity index (χ1n) is 9.84. The van der Waals surface area contributed by atoms with Crippen LogP contribution in [0, 0.1) is 5.92 Å². The Hall–Kier alpha value is -1.36. The van der Waals surface area contributed by atoms with Crippen molar-refractivity contribution in [3.05, 3.63) is 52.3 Å². The molecule has 0 spiro atoms. The maximum Gasteiger partial charge on any atom is 0.131 e. The summed E-state index contributed by atoms with van der Waals surface area (Å²) in [6, 6.07) is 11.5. The molecule has 5 rings (SSSR count). The summed E-state index contributed by atoms with van der Waals surface area (Å²) in [5.41, 5.74) is 3.81. The fraction of sp³-hybridized carbons (Fsp3) is 0.571. The van der Waals surface area contributed by atoms with Crippen LogP contribution in [0.1, 0.15) is 36.6 Å². The number of aromatic nitrogens is 2. The lowest BCUT2D eigenvalue weighted by atomic mass is 9.94. The van der Waals surface area contributed by atoms with Crippen LogP contribution < -0.4 is 0 Å². The number of piperidine rings is 1. The highest BCUT2D eigenvalue weighted by atomic mass is 35.5. The van der Waals surface area contributed by atoms with Gasteiger partial charge in [-0.2, -0.15) is 5.10 Å². The normalized spacial score (nSPS) is 24.1. The van der Waals surface area contributed by atoms with Gasteiger partial charge in [-0.3, -0.25) is 14.5 Å². The van der Waals surface area contributed by atoms with Gasteiger partial charge in [-0.05, 0) is 30.7 Å². The molecule has 4 nitrogen and oxygen atoms in total. The monoisotopic (exact) mass is 372 g/mol. The van der Waals surface area contributed by atoms with Crippen LogP contribution in [-0.4, -0.2) is 45.3 Å². The summed E-state index contributed by atoms with van der Waals surface area (Å²) in [5.74, 6) is 0.762. The van der Waals surface area contributed by atoms with Crippen LogP contribution in [0.3, 0.4) is 0 Å². The highest BCUT2D eigenvalue weighted by molar-refractivity contribution is 6.30. The Morgan fingerprint density at radius 1 is 1.08 bits per heavy atom. The Morgan fingerprint density at radius 3 is 2.65 bits per heavy atom. The van der Waals surface area contributed by atoms with Crippen molar-refractivity contribution in [1.29, 1.82) is 0 Å². The standard InChI is InChI=1S/C21H29ClN4/c1-3-20-19(21(22)24(2)23-20)15-26-13-17-9-10-18(26)14-25(12-17)11-16-7-5-4-6-8-16/h4-8,17-18H,3,9-15H2,1-2H3/t17-,18+/m0/s1. The zero-order chi connectivity index (χ0) is 18.1. The molecule has 4 heterocycles. The van der Waals surface area contributed by atoms with Gasteiger partial charge in [0, 0.05) is 51.4 Å². The molecule has 2 bridgehead atoms. The molecule has 1 aromatic heterocycles. The van der Waals surface area contributed by atoms with Gasteiger partial charge in [0.05, 0.1) is 5.69 Å². The average Bonchev–Trinajstić information content (AvgIpc) is 2.81. The summed E-state index contributed by atoms with van der Waals surface area (Å²) in [5, 5.41) is 5.41. The number of aryl methyl sites for hydroxylation is 2. The molecule has 0 saturated carbocycles. The molecule has 3 saturated heterocycles. The van der Waals surface area contributed by atoms with E-state index >= 15 is 0 Å². The minimum Gasteiger partial charge on any atom is -0.297 e. The van der Waals surface area contributed by atoms with Gasteiger partial charge in [0.25, 0.3) is 0 Å². The van der Waals surface area contributed by atoms with E-state index in [9.17, 15) is 0 Å². The van der Waals surface area contributed by atoms with Crippen LogP contribution in [0.5, 0.6) is 0 Å². The quantitative estimate of drug-likeness (QED) is 0.799. The first-order chi connectivity index (χ1) is 12.6. The molecule has 1 aromatic carbocycles. The third-order valence-corrected chi connectivity index (χ3v) is 6.47. The lowest BCUT2D eigenvalue weighted by Crippen LogP contribution is -2.43. The van der Waals surface area contributed by atoms with Crippen molar-refractivity contribution in [3.63, 3.8) is 0 Å². The number of hydrogen-bond acceptors (Lipinski definition) is 3. The average molecular weight is 373 g/mol. The summed E-state index contributed by atoms with van der Waals surface area (Å²) in [6.07, 6.45) is 3.60. The van der Waals surface area contributed by atoms with E-state index in [-0.39, 0.29) is 0 Å². The van der Waals surface area contributed by atoms with Gasteiger partial charge in [0.1, 0.15) is 5.15 Å². The first kappa shape index (κ1) is 18.0. The lowest BCUT2D eigenvalue weighted by molar-refractivity contribution is 0.123. The molecule has 2 atom stereocenters. The van der Waals surface area contributed by atoms with Crippen molar-refractivity contribution >= 4 is 11.6 Å². The summed E-state index contributed by atoms with van der Waals surface area (Å²) in [6.45, 7) is 7.72. The molecule has 3 fully saturated rings. The second kappa shape index (κ2) is 7.71. The van der Waals surface area contributed by atoms with Crippen LogP contribution in [0.2, 0.25) is 5.15 Å². The number of halogens is 1. The van der Waals surface area contributed by atoms with E-state index in [1.807, 2.05) is 11.7 Å². The van der Waals surface area contributed by atoms with Crippen LogP contribution in [0.25, 0.3) is 0 Å². The molecule has 26 heavy (non-hydrogen) atoms. The van der Waals surface area contributed by atoms with E-state index in [4.69, 9.17) is 11.6 Å². The van der Waals surface area contributed by atoms with Crippen molar-refractivity contribution in [3.8, 4) is 0 Å². The van der Waals surface area contributed by atoms with Gasteiger partial charge < -0.3 is 0 Å². The van der Waals surface area contributed by atoms with Crippen molar-refractivity contribution in [2.24, 2.45) is 13.0 Å². The van der Waals surface area contributed by atoms with Gasteiger partial charge in [-0.25, -0.2) is 0 Å². The van der Waals surface area contributed by atoms with Crippen molar-refractivity contribution < 1.29 is 0 Å². The Bertz CT molecular complexity index is 742. The number of rotatable bonds is 5. The van der Waals surface area contributed by atoms with E-state index < -0.39 is 0 Å². The molecule has 5 heteroatoms. The SMILES string of the molecule is CCc1nn(C)c(Cl)c1CN1C[C@H]2CC[C@@H]1CN(Cc1ccccc1)C2. The van der Waals surface area contributed by atoms with Crippen LogP contribution in [-0.2, 0) is 26.6 Å². The van der Waals surface area contributed by atoms with Crippen LogP contribution >= 0.6 is 11.6 Å². The number of fused-ring (bicyclic) bond motifs is 4. The molecule has 0 unspecified atom stereocenters. The van der Waals surface area contributed by atoms with Gasteiger partial charge in [0.15, 0.2) is 0 Å². The highest BCUT2D eigenvalue weighted by Gasteiger charge is 2.35. The van der Waals surface area contributed by atoms with Gasteiger partial charge >= 0.3 is 0 Å². The lowest BCUT2D eigenvalue weighted by Gasteiger charge is -2.36. The van der Waals surface area contributed by atoms with E-state index in [1.165, 1.54) is 37.1 Å². The van der Waals surface area contributed by atoms with E-state index in [0.717, 1.165) is 42.8 Å². The first-order valence-corrected chi connectivity index (χ1v) is 10.2. The van der Waals surface area contributed by atoms with Gasteiger partial charge in [-0.1, -0.05) is 48.9 Å². The molecule has 0 aliphatic carbocycles. The molecule has 3 aliphatic heterocycles. The summed E-state index contributed by atoms with van der Waals surface area (Å²) >= 11 is 6.55. The third kappa shape index (κ3) is 3.68. The molecular weight excluding hydrogens is 344 g/mol. The second-order valence-electron chi connectivity index (χ2n) is 7.90. The largest absolute Gasteiger partial charge is 0.297 e. The molecule has 0 amide bonds. The Kier molecular flexibility index (Phi) is 5.35. The summed E-state index contributed by atoms with van der Waals surface area (Å²) in [7, 11) is 1.95. The maximum atomic E-state index is 6.55. The Balaban J connectivity index is 1.49. The highest BCUT2D eigenvalue weighted by Crippen LogP contribution is 2.32. The summed E-state index contributed by atoms with van der Waals surface area (Å²) in [4.78, 5) is 5.32. The maximum absolute atomic E-state index is 6.55. The predicted octanol–water partition coefficient (Wildman–Crippen LogP) is 3.73. The van der Waals surface area contributed by atoms with Crippen LogP contribution in [0.4, 0.5) is 0 Å². The molecular formula is C21H29ClN4. The zero-order valence-corrected chi connectivity index (χ0v) is 16.6. The molecule has 2 aromatic rings. The summed E-state index contributed by atoms with van der Waals surface area (Å²) < 4.78 is 1.83. The number of nitrogens with zero attached hydrogens (tertiary/aromatic N) is 4. The van der Waals surface area contributed by atoms with Crippen molar-refractivity contribution in [1.82, 2.24) is 19.6 Å². The van der Waals surface area contributed by atoms with E-state index in [1.54, 1.807) is 0 Å². The Labute approximate surface area is 161 Å². The van der Waals surface area contributed by atoms with E-state index in [2.05, 4.69) is 52.2 Å². The van der Waals surface area contributed by atoms with Crippen LogP contribution in [0.15, 0.2) is 30.3 Å². The number of benzene rings is 1. The number of hydrogen-bond donors (Lipinski definition) is 0. The minimum atomic E-state index is 0.624. The third-order valence-electron chi connectivity index (χ3n) is 6.00.